The predicted molar refractivity (Wildman–Crippen MR) is 87.3 cm³/mol. The maximum absolute atomic E-state index is 12.5. The van der Waals surface area contributed by atoms with E-state index in [-0.39, 0.29) is 12.3 Å². The topological polar surface area (TPSA) is 53.2 Å². The minimum atomic E-state index is -0.410. The number of aromatic nitrogens is 2. The third-order valence-corrected chi connectivity index (χ3v) is 4.15. The molecule has 1 radical (unpaired) electrons. The molecule has 0 spiro atoms. The van der Waals surface area contributed by atoms with Gasteiger partial charge in [-0.3, -0.25) is 0 Å². The van der Waals surface area contributed by atoms with Crippen molar-refractivity contribution in [3.8, 4) is 11.3 Å². The standard InChI is InChI=1S/C16H19N2O3Se/c1-4-13-14(12-8-6-7-11(3)9-12)17(10-21-5-2)16(20)18(22)15(13)19/h6-9H,4-5,10H2,1-3H3. The molecule has 1 aromatic carbocycles. The van der Waals surface area contributed by atoms with Crippen LogP contribution in [0.3, 0.4) is 0 Å². The first-order valence-corrected chi connectivity index (χ1v) is 7.98. The SMILES string of the molecule is CCOCn1c(-c2cccc(C)c2)c(CC)c(=O)n([Se])c1=O. The second kappa shape index (κ2) is 7.09. The van der Waals surface area contributed by atoms with Crippen LogP contribution in [0, 0.1) is 6.92 Å². The van der Waals surface area contributed by atoms with Crippen molar-refractivity contribution < 1.29 is 4.74 Å². The number of ether oxygens (including phenoxy) is 1. The average molecular weight is 366 g/mol. The Morgan fingerprint density at radius 1 is 1.23 bits per heavy atom. The monoisotopic (exact) mass is 367 g/mol. The third kappa shape index (κ3) is 3.09. The molecule has 0 saturated carbocycles. The van der Waals surface area contributed by atoms with Gasteiger partial charge in [-0.2, -0.15) is 0 Å². The molecule has 0 aliphatic heterocycles. The fraction of sp³-hybridized carbons (Fsp3) is 0.375. The van der Waals surface area contributed by atoms with Gasteiger partial charge >= 0.3 is 137 Å². The van der Waals surface area contributed by atoms with Crippen molar-refractivity contribution in [1.29, 1.82) is 0 Å². The van der Waals surface area contributed by atoms with Gasteiger partial charge in [-0.05, 0) is 0 Å². The molecule has 0 atom stereocenters. The van der Waals surface area contributed by atoms with Crippen LogP contribution in [-0.2, 0) is 17.9 Å². The van der Waals surface area contributed by atoms with Gasteiger partial charge in [-0.15, -0.1) is 0 Å². The maximum atomic E-state index is 12.5. The molecule has 22 heavy (non-hydrogen) atoms. The van der Waals surface area contributed by atoms with Gasteiger partial charge in [0.05, 0.1) is 0 Å². The van der Waals surface area contributed by atoms with Crippen molar-refractivity contribution in [2.24, 2.45) is 0 Å². The van der Waals surface area contributed by atoms with E-state index in [1.165, 1.54) is 4.57 Å². The Balaban J connectivity index is 2.84. The molecule has 0 amide bonds. The Morgan fingerprint density at radius 2 is 1.95 bits per heavy atom. The molecule has 0 unspecified atom stereocenters. The Hall–Kier alpha value is -1.62. The van der Waals surface area contributed by atoms with E-state index in [1.807, 2.05) is 45.0 Å². The molecule has 2 rings (SSSR count). The Bertz CT molecular complexity index is 793. The second-order valence-electron chi connectivity index (χ2n) is 4.98. The molecule has 0 bridgehead atoms. The van der Waals surface area contributed by atoms with Gasteiger partial charge in [0.25, 0.3) is 0 Å². The van der Waals surface area contributed by atoms with Crippen LogP contribution in [-0.4, -0.2) is 31.0 Å². The van der Waals surface area contributed by atoms with Crippen LogP contribution in [0.2, 0.25) is 0 Å². The molecule has 1 aromatic heterocycles. The van der Waals surface area contributed by atoms with E-state index in [9.17, 15) is 9.59 Å². The Kier molecular flexibility index (Phi) is 5.40. The molecular weight excluding hydrogens is 347 g/mol. The number of hydrogen-bond donors (Lipinski definition) is 0. The van der Waals surface area contributed by atoms with Crippen LogP contribution in [0.1, 0.15) is 25.0 Å². The normalized spacial score (nSPS) is 10.9. The summed E-state index contributed by atoms with van der Waals surface area (Å²) in [4.78, 5) is 24.9. The summed E-state index contributed by atoms with van der Waals surface area (Å²) in [5.74, 6) is 0. The van der Waals surface area contributed by atoms with E-state index in [1.54, 1.807) is 0 Å². The summed E-state index contributed by atoms with van der Waals surface area (Å²) in [6, 6.07) is 7.78. The van der Waals surface area contributed by atoms with E-state index in [0.29, 0.717) is 24.3 Å². The molecule has 5 nitrogen and oxygen atoms in total. The molecule has 0 saturated heterocycles. The first-order valence-electron chi connectivity index (χ1n) is 7.22. The van der Waals surface area contributed by atoms with Crippen molar-refractivity contribution >= 4 is 16.2 Å². The van der Waals surface area contributed by atoms with E-state index < -0.39 is 5.69 Å². The summed E-state index contributed by atoms with van der Waals surface area (Å²) in [5.41, 5.74) is 2.46. The van der Waals surface area contributed by atoms with Gasteiger partial charge in [-0.1, -0.05) is 0 Å². The molecule has 117 valence electrons. The Morgan fingerprint density at radius 3 is 2.55 bits per heavy atom. The molecule has 6 heteroatoms. The van der Waals surface area contributed by atoms with Crippen LogP contribution in [0.4, 0.5) is 0 Å². The number of nitrogens with zero attached hydrogens (tertiary/aromatic N) is 2. The molecule has 0 aliphatic rings. The van der Waals surface area contributed by atoms with E-state index >= 15 is 0 Å². The van der Waals surface area contributed by atoms with Crippen molar-refractivity contribution in [3.63, 3.8) is 0 Å². The van der Waals surface area contributed by atoms with Gasteiger partial charge in [-0.25, -0.2) is 0 Å². The number of aryl methyl sites for hydroxylation is 1. The quantitative estimate of drug-likeness (QED) is 0.754. The van der Waals surface area contributed by atoms with Gasteiger partial charge in [0, 0.05) is 0 Å². The predicted octanol–water partition coefficient (Wildman–Crippen LogP) is 1.47. The molecule has 2 aromatic rings. The van der Waals surface area contributed by atoms with Gasteiger partial charge in [0.2, 0.25) is 0 Å². The summed E-state index contributed by atoms with van der Waals surface area (Å²) in [6.07, 6.45) is 0.538. The summed E-state index contributed by atoms with van der Waals surface area (Å²) >= 11 is 2.54. The first-order chi connectivity index (χ1) is 10.5. The summed E-state index contributed by atoms with van der Waals surface area (Å²) in [6.45, 7) is 6.37. The van der Waals surface area contributed by atoms with Gasteiger partial charge in [0.1, 0.15) is 0 Å². The molecule has 1 heterocycles. The number of rotatable bonds is 5. The van der Waals surface area contributed by atoms with Gasteiger partial charge in [0.15, 0.2) is 0 Å². The molecular formula is C16H19N2O3Se. The number of hydrogen-bond acceptors (Lipinski definition) is 3. The van der Waals surface area contributed by atoms with E-state index in [0.717, 1.165) is 14.7 Å². The van der Waals surface area contributed by atoms with Crippen molar-refractivity contribution in [2.45, 2.75) is 33.9 Å². The fourth-order valence-electron chi connectivity index (χ4n) is 2.42. The summed E-state index contributed by atoms with van der Waals surface area (Å²) < 4.78 is 7.95. The van der Waals surface area contributed by atoms with E-state index in [4.69, 9.17) is 4.74 Å². The zero-order chi connectivity index (χ0) is 16.3. The summed E-state index contributed by atoms with van der Waals surface area (Å²) in [5, 5.41) is 0. The van der Waals surface area contributed by atoms with Crippen LogP contribution >= 0.6 is 0 Å². The molecule has 0 fully saturated rings. The third-order valence-electron chi connectivity index (χ3n) is 3.47. The molecule has 0 N–H and O–H groups in total. The molecule has 0 aliphatic carbocycles. The van der Waals surface area contributed by atoms with Gasteiger partial charge < -0.3 is 0 Å². The average Bonchev–Trinajstić information content (AvgIpc) is 2.51. The van der Waals surface area contributed by atoms with Crippen LogP contribution in [0.25, 0.3) is 11.3 Å². The van der Waals surface area contributed by atoms with Crippen LogP contribution < -0.4 is 11.2 Å². The van der Waals surface area contributed by atoms with Crippen molar-refractivity contribution in [1.82, 2.24) is 8.15 Å². The Labute approximate surface area is 137 Å². The van der Waals surface area contributed by atoms with Crippen molar-refractivity contribution in [2.75, 3.05) is 6.61 Å². The zero-order valence-electron chi connectivity index (χ0n) is 13.0. The van der Waals surface area contributed by atoms with Crippen molar-refractivity contribution in [3.05, 3.63) is 56.2 Å². The first kappa shape index (κ1) is 16.7. The second-order valence-corrected chi connectivity index (χ2v) is 5.75. The number of benzene rings is 1. The summed E-state index contributed by atoms with van der Waals surface area (Å²) in [7, 11) is 0. The minimum absolute atomic E-state index is 0.119. The van der Waals surface area contributed by atoms with Crippen LogP contribution in [0.15, 0.2) is 33.9 Å². The van der Waals surface area contributed by atoms with E-state index in [2.05, 4.69) is 16.2 Å². The zero-order valence-corrected chi connectivity index (χ0v) is 14.7. The fourth-order valence-corrected chi connectivity index (χ4v) is 2.86. The van der Waals surface area contributed by atoms with Crippen LogP contribution in [0.5, 0.6) is 0 Å².